The summed E-state index contributed by atoms with van der Waals surface area (Å²) in [5.74, 6) is 1.84. The molecule has 0 atom stereocenters. The van der Waals surface area contributed by atoms with Gasteiger partial charge in [-0.25, -0.2) is 9.67 Å². The van der Waals surface area contributed by atoms with Gasteiger partial charge >= 0.3 is 0 Å². The molecule has 0 aliphatic heterocycles. The quantitative estimate of drug-likeness (QED) is 0.847. The van der Waals surface area contributed by atoms with E-state index >= 15 is 0 Å². The van der Waals surface area contributed by atoms with E-state index in [0.717, 1.165) is 6.42 Å². The van der Waals surface area contributed by atoms with Crippen LogP contribution in [0.5, 0.6) is 5.75 Å². The first kappa shape index (κ1) is 10.5. The molecular formula is C11H14N4O. The van der Waals surface area contributed by atoms with Crippen molar-refractivity contribution in [1.29, 1.82) is 0 Å². The van der Waals surface area contributed by atoms with Crippen molar-refractivity contribution in [2.24, 2.45) is 0 Å². The highest BCUT2D eigenvalue weighted by Crippen LogP contribution is 2.19. The monoisotopic (exact) mass is 218 g/mol. The van der Waals surface area contributed by atoms with Gasteiger partial charge in [-0.15, -0.1) is 5.10 Å². The Kier molecular flexibility index (Phi) is 3.05. The number of anilines is 1. The lowest BCUT2D eigenvalue weighted by molar-refractivity contribution is 0.314. The Hall–Kier alpha value is -2.04. The predicted molar refractivity (Wildman–Crippen MR) is 61.6 cm³/mol. The van der Waals surface area contributed by atoms with Crippen LogP contribution in [0, 0.1) is 0 Å². The molecule has 0 radical (unpaired) electrons. The third kappa shape index (κ3) is 2.13. The van der Waals surface area contributed by atoms with Crippen molar-refractivity contribution < 1.29 is 4.74 Å². The van der Waals surface area contributed by atoms with Gasteiger partial charge in [0.1, 0.15) is 5.82 Å². The van der Waals surface area contributed by atoms with E-state index in [4.69, 9.17) is 10.5 Å². The minimum Gasteiger partial charge on any atom is -0.490 e. The minimum atomic E-state index is 0.465. The molecule has 2 aromatic heterocycles. The standard InChI is InChI=1S/C11H14N4O/c1-2-8-16-9-4-3-6-13-11(9)15-7-5-10(12)14-15/h3-7H,2,8H2,1H3,(H2,12,14). The second-order valence-corrected chi connectivity index (χ2v) is 3.36. The Bertz CT molecular complexity index is 467. The maximum Gasteiger partial charge on any atom is 0.196 e. The van der Waals surface area contributed by atoms with Crippen molar-refractivity contribution in [3.63, 3.8) is 0 Å². The number of hydrogen-bond acceptors (Lipinski definition) is 4. The molecule has 0 unspecified atom stereocenters. The summed E-state index contributed by atoms with van der Waals surface area (Å²) >= 11 is 0. The van der Waals surface area contributed by atoms with E-state index in [1.807, 2.05) is 12.1 Å². The van der Waals surface area contributed by atoms with Gasteiger partial charge in [0.15, 0.2) is 11.6 Å². The van der Waals surface area contributed by atoms with Crippen LogP contribution in [0.15, 0.2) is 30.6 Å². The van der Waals surface area contributed by atoms with Gasteiger partial charge in [-0.3, -0.25) is 0 Å². The molecule has 0 aromatic carbocycles. The highest BCUT2D eigenvalue weighted by atomic mass is 16.5. The fraction of sp³-hybridized carbons (Fsp3) is 0.273. The lowest BCUT2D eigenvalue weighted by Crippen LogP contribution is -2.04. The number of nitrogen functional groups attached to an aromatic ring is 1. The van der Waals surface area contributed by atoms with Crippen LogP contribution in [0.1, 0.15) is 13.3 Å². The largest absolute Gasteiger partial charge is 0.490 e. The molecule has 2 rings (SSSR count). The molecule has 84 valence electrons. The SMILES string of the molecule is CCCOc1cccnc1-n1ccc(N)n1. The van der Waals surface area contributed by atoms with Gasteiger partial charge in [-0.2, -0.15) is 0 Å². The summed E-state index contributed by atoms with van der Waals surface area (Å²) in [5, 5.41) is 4.10. The summed E-state index contributed by atoms with van der Waals surface area (Å²) in [4.78, 5) is 4.24. The van der Waals surface area contributed by atoms with Crippen molar-refractivity contribution in [1.82, 2.24) is 14.8 Å². The minimum absolute atomic E-state index is 0.465. The Morgan fingerprint density at radius 3 is 3.00 bits per heavy atom. The van der Waals surface area contributed by atoms with Crippen LogP contribution in [0.2, 0.25) is 0 Å². The van der Waals surface area contributed by atoms with Gasteiger partial charge in [-0.05, 0) is 18.6 Å². The topological polar surface area (TPSA) is 66.0 Å². The molecule has 0 spiro atoms. The molecule has 0 saturated heterocycles. The summed E-state index contributed by atoms with van der Waals surface area (Å²) in [6, 6.07) is 5.43. The van der Waals surface area contributed by atoms with Crippen molar-refractivity contribution in [3.05, 3.63) is 30.6 Å². The van der Waals surface area contributed by atoms with E-state index in [-0.39, 0.29) is 0 Å². The summed E-state index contributed by atoms with van der Waals surface area (Å²) in [7, 11) is 0. The zero-order valence-corrected chi connectivity index (χ0v) is 9.13. The third-order valence-electron chi connectivity index (χ3n) is 2.04. The first-order chi connectivity index (χ1) is 7.81. The molecule has 2 heterocycles. The Morgan fingerprint density at radius 2 is 2.31 bits per heavy atom. The van der Waals surface area contributed by atoms with Crippen LogP contribution >= 0.6 is 0 Å². The molecule has 5 heteroatoms. The fourth-order valence-corrected chi connectivity index (χ4v) is 1.33. The van der Waals surface area contributed by atoms with E-state index in [1.54, 1.807) is 23.1 Å². The van der Waals surface area contributed by atoms with Gasteiger partial charge in [0.25, 0.3) is 0 Å². The number of ether oxygens (including phenoxy) is 1. The maximum atomic E-state index is 5.59. The van der Waals surface area contributed by atoms with E-state index in [9.17, 15) is 0 Å². The molecule has 5 nitrogen and oxygen atoms in total. The molecule has 16 heavy (non-hydrogen) atoms. The first-order valence-corrected chi connectivity index (χ1v) is 5.20. The van der Waals surface area contributed by atoms with Crippen molar-refractivity contribution >= 4 is 5.82 Å². The Balaban J connectivity index is 2.32. The second kappa shape index (κ2) is 4.65. The average Bonchev–Trinajstić information content (AvgIpc) is 2.73. The molecule has 2 N–H and O–H groups in total. The highest BCUT2D eigenvalue weighted by molar-refractivity contribution is 5.40. The molecule has 0 amide bonds. The van der Waals surface area contributed by atoms with E-state index in [0.29, 0.717) is 24.0 Å². The summed E-state index contributed by atoms with van der Waals surface area (Å²) < 4.78 is 7.20. The van der Waals surface area contributed by atoms with E-state index in [1.165, 1.54) is 0 Å². The molecule has 0 aliphatic rings. The lowest BCUT2D eigenvalue weighted by Gasteiger charge is -2.08. The van der Waals surface area contributed by atoms with E-state index < -0.39 is 0 Å². The van der Waals surface area contributed by atoms with Gasteiger partial charge in [0.2, 0.25) is 0 Å². The molecular weight excluding hydrogens is 204 g/mol. The van der Waals surface area contributed by atoms with E-state index in [2.05, 4.69) is 17.0 Å². The Labute approximate surface area is 93.9 Å². The normalized spacial score (nSPS) is 10.3. The third-order valence-corrected chi connectivity index (χ3v) is 2.04. The summed E-state index contributed by atoms with van der Waals surface area (Å²) in [6.07, 6.45) is 4.41. The van der Waals surface area contributed by atoms with Crippen LogP contribution in [-0.2, 0) is 0 Å². The van der Waals surface area contributed by atoms with Gasteiger partial charge < -0.3 is 10.5 Å². The lowest BCUT2D eigenvalue weighted by atomic mass is 10.4. The van der Waals surface area contributed by atoms with Crippen LogP contribution < -0.4 is 10.5 Å². The number of rotatable bonds is 4. The van der Waals surface area contributed by atoms with Gasteiger partial charge in [0.05, 0.1) is 6.61 Å². The fourth-order valence-electron chi connectivity index (χ4n) is 1.33. The smallest absolute Gasteiger partial charge is 0.196 e. The molecule has 0 aliphatic carbocycles. The van der Waals surface area contributed by atoms with Crippen LogP contribution in [0.25, 0.3) is 5.82 Å². The van der Waals surface area contributed by atoms with Crippen LogP contribution in [-0.4, -0.2) is 21.4 Å². The first-order valence-electron chi connectivity index (χ1n) is 5.20. The number of nitrogens with two attached hydrogens (primary N) is 1. The molecule has 2 aromatic rings. The number of hydrogen-bond donors (Lipinski definition) is 1. The van der Waals surface area contributed by atoms with Crippen molar-refractivity contribution in [2.75, 3.05) is 12.3 Å². The van der Waals surface area contributed by atoms with Gasteiger partial charge in [-0.1, -0.05) is 6.92 Å². The van der Waals surface area contributed by atoms with Crippen molar-refractivity contribution in [3.8, 4) is 11.6 Å². The van der Waals surface area contributed by atoms with Crippen molar-refractivity contribution in [2.45, 2.75) is 13.3 Å². The average molecular weight is 218 g/mol. The van der Waals surface area contributed by atoms with Crippen LogP contribution in [0.4, 0.5) is 5.82 Å². The number of pyridine rings is 1. The molecule has 0 fully saturated rings. The molecule has 0 saturated carbocycles. The van der Waals surface area contributed by atoms with Crippen LogP contribution in [0.3, 0.4) is 0 Å². The zero-order chi connectivity index (χ0) is 11.4. The molecule has 0 bridgehead atoms. The number of aromatic nitrogens is 3. The Morgan fingerprint density at radius 1 is 1.44 bits per heavy atom. The highest BCUT2D eigenvalue weighted by Gasteiger charge is 2.07. The number of nitrogens with zero attached hydrogens (tertiary/aromatic N) is 3. The van der Waals surface area contributed by atoms with Gasteiger partial charge in [0, 0.05) is 18.5 Å². The summed E-state index contributed by atoms with van der Waals surface area (Å²) in [6.45, 7) is 2.72. The maximum absolute atomic E-state index is 5.59. The predicted octanol–water partition coefficient (Wildman–Crippen LogP) is 1.64. The zero-order valence-electron chi connectivity index (χ0n) is 9.13. The second-order valence-electron chi connectivity index (χ2n) is 3.36. The summed E-state index contributed by atoms with van der Waals surface area (Å²) in [5.41, 5.74) is 5.57.